The van der Waals surface area contributed by atoms with Crippen molar-refractivity contribution >= 4 is 11.8 Å². The van der Waals surface area contributed by atoms with Crippen LogP contribution in [-0.2, 0) is 14.3 Å². The van der Waals surface area contributed by atoms with Crippen LogP contribution in [0.1, 0.15) is 32.6 Å². The highest BCUT2D eigenvalue weighted by Gasteiger charge is 2.22. The summed E-state index contributed by atoms with van der Waals surface area (Å²) in [5, 5.41) is 5.28. The number of methoxy groups -OCH3 is 1. The average molecular weight is 242 g/mol. The number of ether oxygens (including phenoxy) is 1. The van der Waals surface area contributed by atoms with E-state index in [1.165, 1.54) is 0 Å². The van der Waals surface area contributed by atoms with Crippen molar-refractivity contribution in [2.45, 2.75) is 38.6 Å². The van der Waals surface area contributed by atoms with Gasteiger partial charge in [0.2, 0.25) is 0 Å². The fourth-order valence-electron chi connectivity index (χ4n) is 2.00. The molecule has 1 saturated carbocycles. The lowest BCUT2D eigenvalue weighted by Gasteiger charge is -2.26. The molecule has 0 heterocycles. The highest BCUT2D eigenvalue weighted by atomic mass is 16.5. The highest BCUT2D eigenvalue weighted by molar-refractivity contribution is 6.35. The molecular weight excluding hydrogens is 220 g/mol. The van der Waals surface area contributed by atoms with Crippen LogP contribution in [0.15, 0.2) is 0 Å². The molecule has 1 rings (SSSR count). The van der Waals surface area contributed by atoms with Gasteiger partial charge in [-0.3, -0.25) is 9.59 Å². The average Bonchev–Trinajstić information content (AvgIpc) is 2.32. The Morgan fingerprint density at radius 3 is 2.41 bits per heavy atom. The van der Waals surface area contributed by atoms with Crippen molar-refractivity contribution in [3.8, 4) is 0 Å². The summed E-state index contributed by atoms with van der Waals surface area (Å²) in [6.07, 6.45) is 4.18. The smallest absolute Gasteiger partial charge is 0.309 e. The van der Waals surface area contributed by atoms with Crippen LogP contribution in [0.2, 0.25) is 0 Å². The molecule has 0 bridgehead atoms. The number of carbonyl (C=O) groups is 2. The summed E-state index contributed by atoms with van der Waals surface area (Å²) in [6, 6.07) is 0.159. The van der Waals surface area contributed by atoms with Crippen LogP contribution in [0, 0.1) is 5.92 Å². The van der Waals surface area contributed by atoms with E-state index in [0.29, 0.717) is 13.2 Å². The molecule has 0 aromatic carbocycles. The quantitative estimate of drug-likeness (QED) is 0.555. The van der Waals surface area contributed by atoms with Gasteiger partial charge in [0.25, 0.3) is 0 Å². The first-order valence-electron chi connectivity index (χ1n) is 6.21. The second-order valence-electron chi connectivity index (χ2n) is 4.68. The maximum atomic E-state index is 11.5. The van der Waals surface area contributed by atoms with Crippen LogP contribution >= 0.6 is 0 Å². The zero-order chi connectivity index (χ0) is 12.7. The van der Waals surface area contributed by atoms with Crippen LogP contribution in [0.25, 0.3) is 0 Å². The van der Waals surface area contributed by atoms with E-state index >= 15 is 0 Å². The van der Waals surface area contributed by atoms with Crippen LogP contribution < -0.4 is 10.6 Å². The number of nitrogens with one attached hydrogen (secondary N) is 2. The molecule has 0 aromatic heterocycles. The Balaban J connectivity index is 2.21. The van der Waals surface area contributed by atoms with Crippen LogP contribution in [0.3, 0.4) is 0 Å². The third-order valence-electron chi connectivity index (χ3n) is 3.15. The maximum absolute atomic E-state index is 11.5. The monoisotopic (exact) mass is 242 g/mol. The first-order valence-corrected chi connectivity index (χ1v) is 6.21. The summed E-state index contributed by atoms with van der Waals surface area (Å²) >= 11 is 0. The Bertz CT molecular complexity index is 260. The fourth-order valence-corrected chi connectivity index (χ4v) is 2.00. The molecule has 98 valence electrons. The molecule has 0 saturated heterocycles. The van der Waals surface area contributed by atoms with E-state index in [1.54, 1.807) is 7.11 Å². The predicted octanol–water partition coefficient (Wildman–Crippen LogP) is 0.444. The maximum Gasteiger partial charge on any atom is 0.309 e. The number of amides is 2. The van der Waals surface area contributed by atoms with E-state index in [0.717, 1.165) is 31.6 Å². The van der Waals surface area contributed by atoms with Gasteiger partial charge >= 0.3 is 11.8 Å². The van der Waals surface area contributed by atoms with Crippen molar-refractivity contribution in [2.24, 2.45) is 5.92 Å². The molecular formula is C12H22N2O3. The van der Waals surface area contributed by atoms with Crippen LogP contribution in [0.4, 0.5) is 0 Å². The lowest BCUT2D eigenvalue weighted by Crippen LogP contribution is -2.46. The SMILES string of the molecule is COCCNC(=O)C(=O)NC1CCC(C)CC1. The van der Waals surface area contributed by atoms with Gasteiger partial charge in [-0.1, -0.05) is 6.92 Å². The number of hydrogen-bond acceptors (Lipinski definition) is 3. The van der Waals surface area contributed by atoms with Gasteiger partial charge in [-0.15, -0.1) is 0 Å². The number of carbonyl (C=O) groups excluding carboxylic acids is 2. The minimum absolute atomic E-state index is 0.159. The molecule has 5 nitrogen and oxygen atoms in total. The summed E-state index contributed by atoms with van der Waals surface area (Å²) in [7, 11) is 1.55. The zero-order valence-corrected chi connectivity index (χ0v) is 10.6. The zero-order valence-electron chi connectivity index (χ0n) is 10.6. The van der Waals surface area contributed by atoms with Gasteiger partial charge < -0.3 is 15.4 Å². The molecule has 0 atom stereocenters. The summed E-state index contributed by atoms with van der Waals surface area (Å²) in [5.41, 5.74) is 0. The van der Waals surface area contributed by atoms with Gasteiger partial charge in [-0.05, 0) is 31.6 Å². The molecule has 0 spiro atoms. The fraction of sp³-hybridized carbons (Fsp3) is 0.833. The van der Waals surface area contributed by atoms with E-state index < -0.39 is 11.8 Å². The first kappa shape index (κ1) is 14.0. The molecule has 1 aliphatic rings. The number of rotatable bonds is 4. The van der Waals surface area contributed by atoms with Crippen molar-refractivity contribution in [1.82, 2.24) is 10.6 Å². The van der Waals surface area contributed by atoms with Crippen molar-refractivity contribution in [1.29, 1.82) is 0 Å². The van der Waals surface area contributed by atoms with E-state index in [1.807, 2.05) is 0 Å². The van der Waals surface area contributed by atoms with E-state index in [4.69, 9.17) is 4.74 Å². The van der Waals surface area contributed by atoms with Gasteiger partial charge in [0, 0.05) is 19.7 Å². The molecule has 0 radical (unpaired) electrons. The predicted molar refractivity (Wildman–Crippen MR) is 64.4 cm³/mol. The second-order valence-corrected chi connectivity index (χ2v) is 4.68. The van der Waals surface area contributed by atoms with Gasteiger partial charge in [-0.25, -0.2) is 0 Å². The second kappa shape index (κ2) is 7.27. The van der Waals surface area contributed by atoms with Crippen molar-refractivity contribution in [2.75, 3.05) is 20.3 Å². The first-order chi connectivity index (χ1) is 8.13. The standard InChI is InChI=1S/C12H22N2O3/c1-9-3-5-10(6-4-9)14-12(16)11(15)13-7-8-17-2/h9-10H,3-8H2,1-2H3,(H,13,15)(H,14,16). The molecule has 0 aliphatic heterocycles. The Kier molecular flexibility index (Phi) is 5.97. The number of hydrogen-bond donors (Lipinski definition) is 2. The summed E-state index contributed by atoms with van der Waals surface area (Å²) < 4.78 is 4.79. The van der Waals surface area contributed by atoms with Crippen LogP contribution in [-0.4, -0.2) is 38.1 Å². The van der Waals surface area contributed by atoms with Gasteiger partial charge in [0.1, 0.15) is 0 Å². The highest BCUT2D eigenvalue weighted by Crippen LogP contribution is 2.23. The third kappa shape index (κ3) is 5.17. The molecule has 2 N–H and O–H groups in total. The van der Waals surface area contributed by atoms with E-state index in [-0.39, 0.29) is 6.04 Å². The Morgan fingerprint density at radius 1 is 1.18 bits per heavy atom. The Morgan fingerprint density at radius 2 is 1.82 bits per heavy atom. The Hall–Kier alpha value is -1.10. The van der Waals surface area contributed by atoms with E-state index in [9.17, 15) is 9.59 Å². The minimum Gasteiger partial charge on any atom is -0.383 e. The third-order valence-corrected chi connectivity index (χ3v) is 3.15. The van der Waals surface area contributed by atoms with Crippen molar-refractivity contribution < 1.29 is 14.3 Å². The normalized spacial score (nSPS) is 24.1. The summed E-state index contributed by atoms with van der Waals surface area (Å²) in [6.45, 7) is 3.00. The molecule has 0 aromatic rings. The van der Waals surface area contributed by atoms with Gasteiger partial charge in [0.15, 0.2) is 0 Å². The van der Waals surface area contributed by atoms with Gasteiger partial charge in [-0.2, -0.15) is 0 Å². The van der Waals surface area contributed by atoms with Gasteiger partial charge in [0.05, 0.1) is 6.61 Å². The van der Waals surface area contributed by atoms with Crippen molar-refractivity contribution in [3.63, 3.8) is 0 Å². The van der Waals surface area contributed by atoms with Crippen LogP contribution in [0.5, 0.6) is 0 Å². The minimum atomic E-state index is -0.569. The molecule has 1 fully saturated rings. The van der Waals surface area contributed by atoms with E-state index in [2.05, 4.69) is 17.6 Å². The lowest BCUT2D eigenvalue weighted by atomic mass is 9.87. The topological polar surface area (TPSA) is 67.4 Å². The summed E-state index contributed by atoms with van der Waals surface area (Å²) in [4.78, 5) is 22.9. The Labute approximate surface area is 102 Å². The molecule has 5 heteroatoms. The molecule has 17 heavy (non-hydrogen) atoms. The molecule has 1 aliphatic carbocycles. The largest absolute Gasteiger partial charge is 0.383 e. The molecule has 2 amide bonds. The molecule has 0 unspecified atom stereocenters. The van der Waals surface area contributed by atoms with Crippen molar-refractivity contribution in [3.05, 3.63) is 0 Å². The summed E-state index contributed by atoms with van der Waals surface area (Å²) in [5.74, 6) is -0.361. The lowest BCUT2D eigenvalue weighted by molar-refractivity contribution is -0.139.